The van der Waals surface area contributed by atoms with Gasteiger partial charge in [-0.25, -0.2) is 4.98 Å². The third kappa shape index (κ3) is 3.16. The predicted molar refractivity (Wildman–Crippen MR) is 104 cm³/mol. The molecule has 2 aromatic heterocycles. The predicted octanol–water partition coefficient (Wildman–Crippen LogP) is 2.75. The fourth-order valence-corrected chi connectivity index (χ4v) is 5.16. The van der Waals surface area contributed by atoms with Crippen molar-refractivity contribution in [2.45, 2.75) is 71.2 Å². The summed E-state index contributed by atoms with van der Waals surface area (Å²) in [5.41, 5.74) is 0.999. The third-order valence-electron chi connectivity index (χ3n) is 6.63. The van der Waals surface area contributed by atoms with E-state index in [1.807, 2.05) is 18.6 Å². The quantitative estimate of drug-likeness (QED) is 0.817. The van der Waals surface area contributed by atoms with Gasteiger partial charge in [-0.3, -0.25) is 14.7 Å². The summed E-state index contributed by atoms with van der Waals surface area (Å²) in [5, 5.41) is 3.20. The molecule has 6 heteroatoms. The number of hydrogen-bond donors (Lipinski definition) is 1. The molecule has 2 fully saturated rings. The Balaban J connectivity index is 1.48. The molecular weight excluding hydrogens is 338 g/mol. The molecule has 1 amide bonds. The second-order valence-corrected chi connectivity index (χ2v) is 7.80. The van der Waals surface area contributed by atoms with E-state index in [0.717, 1.165) is 38.2 Å². The molecule has 0 aliphatic carbocycles. The molecule has 0 spiro atoms. The second kappa shape index (κ2) is 7.43. The van der Waals surface area contributed by atoms with Gasteiger partial charge >= 0.3 is 0 Å². The molecule has 6 nitrogen and oxygen atoms in total. The van der Waals surface area contributed by atoms with Crippen molar-refractivity contribution in [1.82, 2.24) is 24.8 Å². The van der Waals surface area contributed by atoms with Crippen LogP contribution in [0.3, 0.4) is 0 Å². The lowest BCUT2D eigenvalue weighted by Gasteiger charge is -2.35. The number of aromatic nitrogens is 3. The van der Waals surface area contributed by atoms with E-state index in [9.17, 15) is 4.79 Å². The Morgan fingerprint density at radius 3 is 2.81 bits per heavy atom. The maximum absolute atomic E-state index is 13.3. The van der Waals surface area contributed by atoms with Gasteiger partial charge in [0.05, 0.1) is 12.0 Å². The molecule has 4 rings (SSSR count). The molecular formula is C21H29N5O. The van der Waals surface area contributed by atoms with E-state index in [2.05, 4.69) is 50.7 Å². The van der Waals surface area contributed by atoms with Crippen LogP contribution in [0.5, 0.6) is 0 Å². The molecule has 2 aromatic rings. The fraction of sp³-hybridized carbons (Fsp3) is 0.571. The Labute approximate surface area is 161 Å². The lowest BCUT2D eigenvalue weighted by molar-refractivity contribution is -0.133. The van der Waals surface area contributed by atoms with Gasteiger partial charge in [0.15, 0.2) is 0 Å². The van der Waals surface area contributed by atoms with Crippen molar-refractivity contribution in [2.75, 3.05) is 0 Å². The SMILES string of the molecule is CCn1ccnc1CNC(=O)[C@]1(CC)C[C@@H]2CC[C@H]1N2Cc1ccncc1. The van der Waals surface area contributed by atoms with Crippen molar-refractivity contribution in [3.8, 4) is 0 Å². The highest BCUT2D eigenvalue weighted by atomic mass is 16.2. The average molecular weight is 367 g/mol. The molecule has 27 heavy (non-hydrogen) atoms. The fourth-order valence-electron chi connectivity index (χ4n) is 5.16. The van der Waals surface area contributed by atoms with E-state index < -0.39 is 0 Å². The highest BCUT2D eigenvalue weighted by Gasteiger charge is 2.58. The van der Waals surface area contributed by atoms with Gasteiger partial charge in [-0.1, -0.05) is 6.92 Å². The average Bonchev–Trinajstić information content (AvgIpc) is 3.40. The van der Waals surface area contributed by atoms with Crippen molar-refractivity contribution < 1.29 is 4.79 Å². The number of pyridine rings is 1. The van der Waals surface area contributed by atoms with E-state index >= 15 is 0 Å². The van der Waals surface area contributed by atoms with Gasteiger partial charge in [0.1, 0.15) is 5.82 Å². The lowest BCUT2D eigenvalue weighted by Crippen LogP contribution is -2.48. The van der Waals surface area contributed by atoms with Crippen LogP contribution in [0.2, 0.25) is 0 Å². The summed E-state index contributed by atoms with van der Waals surface area (Å²) < 4.78 is 2.08. The first-order valence-corrected chi connectivity index (χ1v) is 10.1. The topological polar surface area (TPSA) is 63.1 Å². The van der Waals surface area contributed by atoms with E-state index in [4.69, 9.17) is 0 Å². The molecule has 0 radical (unpaired) electrons. The Morgan fingerprint density at radius 1 is 1.26 bits per heavy atom. The minimum Gasteiger partial charge on any atom is -0.348 e. The lowest BCUT2D eigenvalue weighted by atomic mass is 9.71. The van der Waals surface area contributed by atoms with Crippen LogP contribution in [-0.2, 0) is 24.4 Å². The number of fused-ring (bicyclic) bond motifs is 2. The monoisotopic (exact) mass is 367 g/mol. The van der Waals surface area contributed by atoms with E-state index in [0.29, 0.717) is 18.6 Å². The minimum absolute atomic E-state index is 0.197. The molecule has 0 unspecified atom stereocenters. The summed E-state index contributed by atoms with van der Waals surface area (Å²) in [6.45, 7) is 6.54. The number of rotatable bonds is 7. The van der Waals surface area contributed by atoms with Crippen LogP contribution in [-0.4, -0.2) is 37.4 Å². The van der Waals surface area contributed by atoms with Gasteiger partial charge in [0, 0.05) is 50.0 Å². The van der Waals surface area contributed by atoms with E-state index in [-0.39, 0.29) is 11.3 Å². The summed E-state index contributed by atoms with van der Waals surface area (Å²) in [6, 6.07) is 4.99. The Hall–Kier alpha value is -2.21. The van der Waals surface area contributed by atoms with Crippen LogP contribution in [0.1, 0.15) is 50.9 Å². The Bertz CT molecular complexity index is 789. The van der Waals surface area contributed by atoms with Crippen molar-refractivity contribution in [3.63, 3.8) is 0 Å². The second-order valence-electron chi connectivity index (χ2n) is 7.80. The maximum atomic E-state index is 13.3. The molecule has 2 aliphatic rings. The summed E-state index contributed by atoms with van der Waals surface area (Å²) in [7, 11) is 0. The molecule has 0 aromatic carbocycles. The third-order valence-corrected chi connectivity index (χ3v) is 6.63. The maximum Gasteiger partial charge on any atom is 0.228 e. The van der Waals surface area contributed by atoms with E-state index in [1.54, 1.807) is 6.20 Å². The number of hydrogen-bond acceptors (Lipinski definition) is 4. The van der Waals surface area contributed by atoms with Crippen LogP contribution < -0.4 is 5.32 Å². The Kier molecular flexibility index (Phi) is 5.00. The highest BCUT2D eigenvalue weighted by molar-refractivity contribution is 5.84. The molecule has 2 bridgehead atoms. The smallest absolute Gasteiger partial charge is 0.228 e. The molecule has 144 valence electrons. The standard InChI is InChI=1S/C21H29N5O/c1-3-21(20(27)24-14-19-23-11-12-25(19)4-2)13-17-5-6-18(21)26(17)15-16-7-9-22-10-8-16/h7-12,17-18H,3-6,13-15H2,1-2H3,(H,24,27)/t17-,18+,21+/m0/s1. The van der Waals surface area contributed by atoms with Crippen molar-refractivity contribution in [1.29, 1.82) is 0 Å². The van der Waals surface area contributed by atoms with Gasteiger partial charge in [0.2, 0.25) is 5.91 Å². The first kappa shape index (κ1) is 18.2. The Morgan fingerprint density at radius 2 is 2.07 bits per heavy atom. The number of carbonyl (C=O) groups is 1. The summed E-state index contributed by atoms with van der Waals surface area (Å²) in [5.74, 6) is 1.12. The van der Waals surface area contributed by atoms with Gasteiger partial charge in [-0.2, -0.15) is 0 Å². The van der Waals surface area contributed by atoms with Crippen LogP contribution in [0.15, 0.2) is 36.9 Å². The number of nitrogens with zero attached hydrogens (tertiary/aromatic N) is 4. The summed E-state index contributed by atoms with van der Waals surface area (Å²) in [6.07, 6.45) is 11.6. The van der Waals surface area contributed by atoms with Gasteiger partial charge in [-0.05, 0) is 50.3 Å². The molecule has 2 saturated heterocycles. The number of carbonyl (C=O) groups excluding carboxylic acids is 1. The number of aryl methyl sites for hydroxylation is 1. The van der Waals surface area contributed by atoms with Crippen LogP contribution in [0.4, 0.5) is 0 Å². The first-order chi connectivity index (χ1) is 13.2. The van der Waals surface area contributed by atoms with Gasteiger partial charge < -0.3 is 9.88 Å². The summed E-state index contributed by atoms with van der Waals surface area (Å²) in [4.78, 5) is 24.4. The largest absolute Gasteiger partial charge is 0.348 e. The molecule has 1 N–H and O–H groups in total. The zero-order valence-electron chi connectivity index (χ0n) is 16.3. The van der Waals surface area contributed by atoms with Crippen LogP contribution >= 0.6 is 0 Å². The zero-order valence-corrected chi connectivity index (χ0v) is 16.3. The van der Waals surface area contributed by atoms with Crippen LogP contribution in [0.25, 0.3) is 0 Å². The van der Waals surface area contributed by atoms with Crippen molar-refractivity contribution in [2.24, 2.45) is 5.41 Å². The normalized spacial score (nSPS) is 27.2. The van der Waals surface area contributed by atoms with Crippen LogP contribution in [0, 0.1) is 5.41 Å². The van der Waals surface area contributed by atoms with E-state index in [1.165, 1.54) is 12.0 Å². The van der Waals surface area contributed by atoms with Gasteiger partial charge in [-0.15, -0.1) is 0 Å². The van der Waals surface area contributed by atoms with Gasteiger partial charge in [0.25, 0.3) is 0 Å². The van der Waals surface area contributed by atoms with Crippen molar-refractivity contribution >= 4 is 5.91 Å². The highest BCUT2D eigenvalue weighted by Crippen LogP contribution is 2.52. The number of amides is 1. The first-order valence-electron chi connectivity index (χ1n) is 10.1. The minimum atomic E-state index is -0.278. The molecule has 4 heterocycles. The summed E-state index contributed by atoms with van der Waals surface area (Å²) >= 11 is 0. The zero-order chi connectivity index (χ0) is 18.9. The molecule has 2 aliphatic heterocycles. The molecule has 0 saturated carbocycles. The number of imidazole rings is 1. The number of nitrogens with one attached hydrogen (secondary N) is 1. The van der Waals surface area contributed by atoms with Crippen molar-refractivity contribution in [3.05, 3.63) is 48.3 Å². The molecule has 3 atom stereocenters.